The lowest BCUT2D eigenvalue weighted by Crippen LogP contribution is -2.60. The molecule has 0 aliphatic carbocycles. The first-order chi connectivity index (χ1) is 8.16. The number of rotatable bonds is 2. The van der Waals surface area contributed by atoms with E-state index in [2.05, 4.69) is 11.9 Å². The number of aliphatic hydroxyl groups is 1. The topological polar surface area (TPSA) is 51.2 Å². The fraction of sp³-hybridized carbons (Fsp3) is 1.00. The Morgan fingerprint density at radius 3 is 2.35 bits per heavy atom. The predicted molar refractivity (Wildman–Crippen MR) is 60.7 cm³/mol. The molecule has 3 aliphatic heterocycles. The van der Waals surface area contributed by atoms with Crippen LogP contribution in [-0.2, 0) is 14.2 Å². The van der Waals surface area contributed by atoms with E-state index in [1.807, 2.05) is 0 Å². The summed E-state index contributed by atoms with van der Waals surface area (Å²) in [6.07, 6.45) is 1.88. The maximum Gasteiger partial charge on any atom is 0.160 e. The molecule has 2 atom stereocenters. The monoisotopic (exact) mass is 243 g/mol. The maximum atomic E-state index is 10.7. The first-order valence-corrected chi connectivity index (χ1v) is 6.42. The van der Waals surface area contributed by atoms with Crippen molar-refractivity contribution in [2.45, 2.75) is 43.2 Å². The Hall–Kier alpha value is -0.200. The average molecular weight is 243 g/mol. The summed E-state index contributed by atoms with van der Waals surface area (Å²) in [6.45, 7) is 2.75. The number of morpholine rings is 1. The highest BCUT2D eigenvalue weighted by molar-refractivity contribution is 4.98. The lowest BCUT2D eigenvalue weighted by molar-refractivity contribution is -0.166. The second kappa shape index (κ2) is 4.48. The zero-order valence-electron chi connectivity index (χ0n) is 10.3. The normalized spacial score (nSPS) is 44.1. The molecular weight excluding hydrogens is 222 g/mol. The van der Waals surface area contributed by atoms with Crippen LogP contribution in [0.15, 0.2) is 0 Å². The molecule has 3 aliphatic rings. The van der Waals surface area contributed by atoms with Crippen LogP contribution in [0.3, 0.4) is 0 Å². The van der Waals surface area contributed by atoms with E-state index in [-0.39, 0.29) is 6.29 Å². The Kier molecular flexibility index (Phi) is 3.13. The van der Waals surface area contributed by atoms with E-state index in [4.69, 9.17) is 14.2 Å². The maximum absolute atomic E-state index is 10.7. The van der Waals surface area contributed by atoms with Gasteiger partial charge in [-0.2, -0.15) is 0 Å². The first kappa shape index (κ1) is 11.9. The fourth-order valence-electron chi connectivity index (χ4n) is 3.24. The molecule has 3 heterocycles. The molecular formula is C12H21NO4. The van der Waals surface area contributed by atoms with Crippen LogP contribution >= 0.6 is 0 Å². The van der Waals surface area contributed by atoms with Gasteiger partial charge in [-0.3, -0.25) is 4.90 Å². The number of fused-ring (bicyclic) bond motifs is 2. The summed E-state index contributed by atoms with van der Waals surface area (Å²) in [5.74, 6) is 0. The van der Waals surface area contributed by atoms with Gasteiger partial charge in [0, 0.05) is 18.5 Å². The van der Waals surface area contributed by atoms with Gasteiger partial charge in [0.05, 0.1) is 32.0 Å². The summed E-state index contributed by atoms with van der Waals surface area (Å²) >= 11 is 0. The van der Waals surface area contributed by atoms with Gasteiger partial charge in [0.1, 0.15) is 0 Å². The van der Waals surface area contributed by atoms with Crippen LogP contribution in [-0.4, -0.2) is 67.5 Å². The minimum atomic E-state index is -0.652. The van der Waals surface area contributed by atoms with Gasteiger partial charge >= 0.3 is 0 Å². The lowest BCUT2D eigenvalue weighted by Gasteiger charge is -2.50. The molecule has 3 fully saturated rings. The highest BCUT2D eigenvalue weighted by Gasteiger charge is 2.46. The number of likely N-dealkylation sites (N-methyl/N-ethyl adjacent to an activating group) is 1. The van der Waals surface area contributed by atoms with E-state index >= 15 is 0 Å². The Morgan fingerprint density at radius 2 is 1.76 bits per heavy atom. The summed E-state index contributed by atoms with van der Waals surface area (Å²) in [4.78, 5) is 2.34. The van der Waals surface area contributed by atoms with E-state index in [1.165, 1.54) is 0 Å². The first-order valence-electron chi connectivity index (χ1n) is 6.42. The fourth-order valence-corrected chi connectivity index (χ4v) is 3.24. The third-order valence-electron chi connectivity index (χ3n) is 4.24. The van der Waals surface area contributed by atoms with E-state index in [0.29, 0.717) is 31.7 Å². The van der Waals surface area contributed by atoms with Crippen molar-refractivity contribution in [3.63, 3.8) is 0 Å². The van der Waals surface area contributed by atoms with Crippen molar-refractivity contribution < 1.29 is 19.3 Å². The van der Waals surface area contributed by atoms with E-state index in [1.54, 1.807) is 0 Å². The molecule has 0 amide bonds. The standard InChI is InChI=1S/C12H21NO4/c1-13-9-4-12(14,5-10(13)8-15-7-9)6-11-16-2-3-17-11/h9-11,14H,2-8H2,1H3. The van der Waals surface area contributed by atoms with Gasteiger partial charge < -0.3 is 19.3 Å². The van der Waals surface area contributed by atoms with Gasteiger partial charge in [-0.1, -0.05) is 0 Å². The summed E-state index contributed by atoms with van der Waals surface area (Å²) in [5.41, 5.74) is -0.652. The number of nitrogens with zero attached hydrogens (tertiary/aromatic N) is 1. The second-order valence-electron chi connectivity index (χ2n) is 5.52. The molecule has 5 heteroatoms. The van der Waals surface area contributed by atoms with Crippen molar-refractivity contribution in [3.05, 3.63) is 0 Å². The van der Waals surface area contributed by atoms with Gasteiger partial charge in [0.2, 0.25) is 0 Å². The van der Waals surface area contributed by atoms with Crippen molar-refractivity contribution in [1.82, 2.24) is 4.90 Å². The summed E-state index contributed by atoms with van der Waals surface area (Å²) in [6, 6.07) is 0.655. The highest BCUT2D eigenvalue weighted by Crippen LogP contribution is 2.37. The molecule has 2 bridgehead atoms. The SMILES string of the molecule is CN1C2COCC1CC(O)(CC1OCCO1)C2. The summed E-state index contributed by atoms with van der Waals surface area (Å²) in [7, 11) is 2.13. The molecule has 0 saturated carbocycles. The van der Waals surface area contributed by atoms with Gasteiger partial charge in [0.25, 0.3) is 0 Å². The summed E-state index contributed by atoms with van der Waals surface area (Å²) in [5, 5.41) is 10.7. The molecule has 5 nitrogen and oxygen atoms in total. The second-order valence-corrected chi connectivity index (χ2v) is 5.52. The van der Waals surface area contributed by atoms with Crippen LogP contribution in [0.2, 0.25) is 0 Å². The number of ether oxygens (including phenoxy) is 3. The largest absolute Gasteiger partial charge is 0.390 e. The molecule has 0 radical (unpaired) electrons. The number of hydrogen-bond acceptors (Lipinski definition) is 5. The molecule has 3 saturated heterocycles. The van der Waals surface area contributed by atoms with Gasteiger partial charge in [0.15, 0.2) is 6.29 Å². The Morgan fingerprint density at radius 1 is 1.18 bits per heavy atom. The molecule has 0 spiro atoms. The van der Waals surface area contributed by atoms with Gasteiger partial charge in [-0.15, -0.1) is 0 Å². The van der Waals surface area contributed by atoms with E-state index < -0.39 is 5.60 Å². The van der Waals surface area contributed by atoms with Crippen molar-refractivity contribution in [2.75, 3.05) is 33.5 Å². The van der Waals surface area contributed by atoms with Crippen LogP contribution < -0.4 is 0 Å². The third-order valence-corrected chi connectivity index (χ3v) is 4.24. The minimum absolute atomic E-state index is 0.218. The Balaban J connectivity index is 1.66. The average Bonchev–Trinajstić information content (AvgIpc) is 2.73. The molecule has 2 unspecified atom stereocenters. The van der Waals surface area contributed by atoms with Crippen LogP contribution in [0, 0.1) is 0 Å². The van der Waals surface area contributed by atoms with E-state index in [0.717, 1.165) is 26.1 Å². The van der Waals surface area contributed by atoms with Crippen molar-refractivity contribution in [1.29, 1.82) is 0 Å². The van der Waals surface area contributed by atoms with Crippen molar-refractivity contribution in [3.8, 4) is 0 Å². The predicted octanol–water partition coefficient (Wildman–Crippen LogP) is -0.0265. The lowest BCUT2D eigenvalue weighted by atomic mass is 9.79. The van der Waals surface area contributed by atoms with Crippen molar-refractivity contribution >= 4 is 0 Å². The molecule has 0 aromatic heterocycles. The molecule has 0 aromatic rings. The van der Waals surface area contributed by atoms with Crippen molar-refractivity contribution in [2.24, 2.45) is 0 Å². The third kappa shape index (κ3) is 2.35. The number of hydrogen-bond donors (Lipinski definition) is 1. The van der Waals surface area contributed by atoms with Crippen LogP contribution in [0.5, 0.6) is 0 Å². The van der Waals surface area contributed by atoms with Gasteiger partial charge in [-0.05, 0) is 19.9 Å². The molecule has 1 N–H and O–H groups in total. The molecule has 98 valence electrons. The molecule has 0 aromatic carbocycles. The van der Waals surface area contributed by atoms with Crippen LogP contribution in [0.1, 0.15) is 19.3 Å². The molecule has 17 heavy (non-hydrogen) atoms. The Labute approximate surface area is 102 Å². The smallest absolute Gasteiger partial charge is 0.160 e. The zero-order chi connectivity index (χ0) is 11.9. The zero-order valence-corrected chi connectivity index (χ0v) is 10.3. The quantitative estimate of drug-likeness (QED) is 0.738. The number of piperidine rings is 1. The summed E-state index contributed by atoms with van der Waals surface area (Å²) < 4.78 is 16.4. The minimum Gasteiger partial charge on any atom is -0.390 e. The highest BCUT2D eigenvalue weighted by atomic mass is 16.7. The van der Waals surface area contributed by atoms with Crippen LogP contribution in [0.4, 0.5) is 0 Å². The van der Waals surface area contributed by atoms with E-state index in [9.17, 15) is 5.11 Å². The molecule has 3 rings (SSSR count). The van der Waals surface area contributed by atoms with Gasteiger partial charge in [-0.25, -0.2) is 0 Å². The van der Waals surface area contributed by atoms with Crippen LogP contribution in [0.25, 0.3) is 0 Å². The Bertz CT molecular complexity index is 260.